The second-order valence-electron chi connectivity index (χ2n) is 4.06. The lowest BCUT2D eigenvalue weighted by atomic mass is 10.1. The monoisotopic (exact) mass is 248 g/mol. The van der Waals surface area contributed by atoms with Crippen LogP contribution < -0.4 is 5.32 Å². The quantitative estimate of drug-likeness (QED) is 0.874. The maximum atomic E-state index is 9.42. The number of thiazole rings is 1. The van der Waals surface area contributed by atoms with E-state index in [9.17, 15) is 5.11 Å². The summed E-state index contributed by atoms with van der Waals surface area (Å²) in [5.41, 5.74) is 4.04. The molecule has 0 aliphatic rings. The molecule has 2 rings (SSSR count). The van der Waals surface area contributed by atoms with Crippen molar-refractivity contribution in [2.75, 3.05) is 0 Å². The molecule has 0 saturated carbocycles. The molecule has 0 aliphatic carbocycles. The standard InChI is InChI=1S/C13H16N2OS/c1-9(11-4-3-5-12(16)6-11)14-7-13-10(2)15-8-17-13/h3-6,8-9,14,16H,7H2,1-2H3. The molecule has 0 radical (unpaired) electrons. The number of nitrogens with one attached hydrogen (secondary N) is 1. The summed E-state index contributed by atoms with van der Waals surface area (Å²) in [6, 6.07) is 7.56. The fourth-order valence-electron chi connectivity index (χ4n) is 1.65. The summed E-state index contributed by atoms with van der Waals surface area (Å²) >= 11 is 1.67. The lowest BCUT2D eigenvalue weighted by molar-refractivity contribution is 0.472. The molecule has 3 nitrogen and oxygen atoms in total. The van der Waals surface area contributed by atoms with Crippen LogP contribution in [0.25, 0.3) is 0 Å². The first-order chi connectivity index (χ1) is 8.16. The Morgan fingerprint density at radius 1 is 1.47 bits per heavy atom. The van der Waals surface area contributed by atoms with Crippen molar-refractivity contribution in [3.8, 4) is 5.75 Å². The zero-order valence-corrected chi connectivity index (χ0v) is 10.8. The molecule has 1 unspecified atom stereocenters. The van der Waals surface area contributed by atoms with Crippen molar-refractivity contribution in [1.82, 2.24) is 10.3 Å². The summed E-state index contributed by atoms with van der Waals surface area (Å²) in [6.07, 6.45) is 0. The Hall–Kier alpha value is -1.39. The van der Waals surface area contributed by atoms with E-state index in [0.29, 0.717) is 5.75 Å². The molecule has 1 aromatic carbocycles. The minimum Gasteiger partial charge on any atom is -0.508 e. The van der Waals surface area contributed by atoms with Crippen molar-refractivity contribution < 1.29 is 5.11 Å². The van der Waals surface area contributed by atoms with Crippen LogP contribution >= 0.6 is 11.3 Å². The van der Waals surface area contributed by atoms with Crippen molar-refractivity contribution in [3.05, 3.63) is 45.9 Å². The molecule has 0 spiro atoms. The Labute approximate surface area is 105 Å². The highest BCUT2D eigenvalue weighted by atomic mass is 32.1. The number of phenolic OH excluding ortho intramolecular Hbond substituents is 1. The third-order valence-corrected chi connectivity index (χ3v) is 3.72. The largest absolute Gasteiger partial charge is 0.508 e. The molecular weight excluding hydrogens is 232 g/mol. The molecule has 2 N–H and O–H groups in total. The van der Waals surface area contributed by atoms with Gasteiger partial charge in [0.25, 0.3) is 0 Å². The van der Waals surface area contributed by atoms with Gasteiger partial charge in [0.2, 0.25) is 0 Å². The third kappa shape index (κ3) is 3.05. The molecule has 0 fully saturated rings. The summed E-state index contributed by atoms with van der Waals surface area (Å²) in [5, 5.41) is 12.9. The first kappa shape index (κ1) is 12.1. The van der Waals surface area contributed by atoms with Crippen LogP contribution in [-0.2, 0) is 6.54 Å². The molecule has 1 heterocycles. The molecule has 2 aromatic rings. The van der Waals surface area contributed by atoms with Crippen LogP contribution in [-0.4, -0.2) is 10.1 Å². The van der Waals surface area contributed by atoms with Crippen LogP contribution in [0, 0.1) is 6.92 Å². The highest BCUT2D eigenvalue weighted by molar-refractivity contribution is 7.09. The highest BCUT2D eigenvalue weighted by Crippen LogP contribution is 2.19. The summed E-state index contributed by atoms with van der Waals surface area (Å²) < 4.78 is 0. The summed E-state index contributed by atoms with van der Waals surface area (Å²) in [5.74, 6) is 0.310. The number of phenols is 1. The lowest BCUT2D eigenvalue weighted by Crippen LogP contribution is -2.17. The topological polar surface area (TPSA) is 45.2 Å². The van der Waals surface area contributed by atoms with Gasteiger partial charge in [0.05, 0.1) is 11.2 Å². The second-order valence-corrected chi connectivity index (χ2v) is 5.00. The lowest BCUT2D eigenvalue weighted by Gasteiger charge is -2.14. The van der Waals surface area contributed by atoms with Crippen molar-refractivity contribution in [2.24, 2.45) is 0 Å². The van der Waals surface area contributed by atoms with Gasteiger partial charge in [-0.3, -0.25) is 0 Å². The van der Waals surface area contributed by atoms with Gasteiger partial charge in [-0.05, 0) is 31.5 Å². The van der Waals surface area contributed by atoms with Crippen molar-refractivity contribution >= 4 is 11.3 Å². The van der Waals surface area contributed by atoms with Gasteiger partial charge in [-0.15, -0.1) is 11.3 Å². The minimum atomic E-state index is 0.212. The van der Waals surface area contributed by atoms with Gasteiger partial charge in [-0.2, -0.15) is 0 Å². The number of rotatable bonds is 4. The van der Waals surface area contributed by atoms with Gasteiger partial charge >= 0.3 is 0 Å². The first-order valence-corrected chi connectivity index (χ1v) is 6.46. The van der Waals surface area contributed by atoms with E-state index in [1.54, 1.807) is 23.5 Å². The zero-order chi connectivity index (χ0) is 12.3. The SMILES string of the molecule is Cc1ncsc1CNC(C)c1cccc(O)c1. The average Bonchev–Trinajstić information content (AvgIpc) is 2.72. The third-order valence-electron chi connectivity index (χ3n) is 2.78. The minimum absolute atomic E-state index is 0.212. The van der Waals surface area contributed by atoms with Gasteiger partial charge in [0, 0.05) is 17.5 Å². The van der Waals surface area contributed by atoms with E-state index < -0.39 is 0 Å². The molecule has 4 heteroatoms. The zero-order valence-electron chi connectivity index (χ0n) is 9.97. The number of aromatic nitrogens is 1. The fraction of sp³-hybridized carbons (Fsp3) is 0.308. The smallest absolute Gasteiger partial charge is 0.115 e. The Morgan fingerprint density at radius 3 is 2.94 bits per heavy atom. The van der Waals surface area contributed by atoms with Gasteiger partial charge < -0.3 is 10.4 Å². The number of benzene rings is 1. The van der Waals surface area contributed by atoms with Crippen LogP contribution in [0.15, 0.2) is 29.8 Å². The fourth-order valence-corrected chi connectivity index (χ4v) is 2.38. The Morgan fingerprint density at radius 2 is 2.29 bits per heavy atom. The van der Waals surface area contributed by atoms with Crippen molar-refractivity contribution in [3.63, 3.8) is 0 Å². The molecule has 0 bridgehead atoms. The number of nitrogens with zero attached hydrogens (tertiary/aromatic N) is 1. The molecule has 1 aromatic heterocycles. The van der Waals surface area contributed by atoms with E-state index in [-0.39, 0.29) is 6.04 Å². The normalized spacial score (nSPS) is 12.6. The number of hydrogen-bond donors (Lipinski definition) is 2. The van der Waals surface area contributed by atoms with Crippen LogP contribution in [0.3, 0.4) is 0 Å². The van der Waals surface area contributed by atoms with E-state index in [1.807, 2.05) is 24.6 Å². The van der Waals surface area contributed by atoms with E-state index in [1.165, 1.54) is 4.88 Å². The molecule has 90 valence electrons. The van der Waals surface area contributed by atoms with E-state index >= 15 is 0 Å². The number of aromatic hydroxyl groups is 1. The average molecular weight is 248 g/mol. The predicted molar refractivity (Wildman–Crippen MR) is 70.2 cm³/mol. The Kier molecular flexibility index (Phi) is 3.76. The molecule has 0 aliphatic heterocycles. The maximum absolute atomic E-state index is 9.42. The molecular formula is C13H16N2OS. The summed E-state index contributed by atoms with van der Waals surface area (Å²) in [4.78, 5) is 5.48. The highest BCUT2D eigenvalue weighted by Gasteiger charge is 2.07. The first-order valence-electron chi connectivity index (χ1n) is 5.58. The van der Waals surface area contributed by atoms with E-state index in [0.717, 1.165) is 17.8 Å². The summed E-state index contributed by atoms with van der Waals surface area (Å²) in [7, 11) is 0. The summed E-state index contributed by atoms with van der Waals surface area (Å²) in [6.45, 7) is 4.92. The molecule has 0 saturated heterocycles. The number of aryl methyl sites for hydroxylation is 1. The predicted octanol–water partition coefficient (Wildman–Crippen LogP) is 3.01. The maximum Gasteiger partial charge on any atom is 0.115 e. The number of hydrogen-bond acceptors (Lipinski definition) is 4. The molecule has 1 atom stereocenters. The Bertz CT molecular complexity index is 496. The Balaban J connectivity index is 1.98. The van der Waals surface area contributed by atoms with Crippen LogP contribution in [0.2, 0.25) is 0 Å². The van der Waals surface area contributed by atoms with Gasteiger partial charge in [0.15, 0.2) is 0 Å². The van der Waals surface area contributed by atoms with Crippen molar-refractivity contribution in [2.45, 2.75) is 26.4 Å². The van der Waals surface area contributed by atoms with Gasteiger partial charge in [-0.1, -0.05) is 12.1 Å². The second kappa shape index (κ2) is 5.29. The van der Waals surface area contributed by atoms with Crippen LogP contribution in [0.5, 0.6) is 5.75 Å². The van der Waals surface area contributed by atoms with Crippen LogP contribution in [0.1, 0.15) is 29.1 Å². The van der Waals surface area contributed by atoms with Crippen molar-refractivity contribution in [1.29, 1.82) is 0 Å². The van der Waals surface area contributed by atoms with E-state index in [2.05, 4.69) is 17.2 Å². The van der Waals surface area contributed by atoms with Gasteiger partial charge in [-0.25, -0.2) is 4.98 Å². The van der Waals surface area contributed by atoms with E-state index in [4.69, 9.17) is 0 Å². The van der Waals surface area contributed by atoms with Gasteiger partial charge in [0.1, 0.15) is 5.75 Å². The van der Waals surface area contributed by atoms with Crippen LogP contribution in [0.4, 0.5) is 0 Å². The molecule has 17 heavy (non-hydrogen) atoms. The molecule has 0 amide bonds.